The highest BCUT2D eigenvalue weighted by Gasteiger charge is 2.31. The van der Waals surface area contributed by atoms with Gasteiger partial charge in [-0.2, -0.15) is 0 Å². The minimum atomic E-state index is -4.84. The van der Waals surface area contributed by atoms with E-state index < -0.39 is 23.9 Å². The lowest BCUT2D eigenvalue weighted by Crippen LogP contribution is -2.18. The van der Waals surface area contributed by atoms with Gasteiger partial charge in [0.05, 0.1) is 11.9 Å². The summed E-state index contributed by atoms with van der Waals surface area (Å²) in [5.74, 6) is -1.62. The van der Waals surface area contributed by atoms with E-state index in [2.05, 4.69) is 25.3 Å². The van der Waals surface area contributed by atoms with E-state index in [4.69, 9.17) is 0 Å². The average Bonchev–Trinajstić information content (AvgIpc) is 3.09. The molecule has 1 aromatic carbocycles. The fourth-order valence-corrected chi connectivity index (χ4v) is 2.89. The topological polar surface area (TPSA) is 93.2 Å². The van der Waals surface area contributed by atoms with Crippen molar-refractivity contribution in [1.82, 2.24) is 9.97 Å². The summed E-state index contributed by atoms with van der Waals surface area (Å²) in [6.45, 7) is 0. The number of amides is 2. The molecule has 144 valence electrons. The number of nitrogens with zero attached hydrogens (tertiary/aromatic N) is 2. The Bertz CT molecular complexity index is 993. The minimum absolute atomic E-state index is 0.0667. The third-order valence-electron chi connectivity index (χ3n) is 3.24. The van der Waals surface area contributed by atoms with Crippen molar-refractivity contribution in [3.8, 4) is 5.75 Å². The van der Waals surface area contributed by atoms with E-state index in [0.717, 1.165) is 23.5 Å². The normalized spacial score (nSPS) is 11.0. The molecule has 7 nitrogen and oxygen atoms in total. The molecular formula is C17H11F3N4O3S. The summed E-state index contributed by atoms with van der Waals surface area (Å²) in [6, 6.07) is 6.39. The van der Waals surface area contributed by atoms with Crippen LogP contribution in [0.25, 0.3) is 0 Å². The van der Waals surface area contributed by atoms with Gasteiger partial charge in [-0.3, -0.25) is 14.6 Å². The molecule has 11 heteroatoms. The zero-order chi connectivity index (χ0) is 20.1. The number of alkyl halides is 3. The summed E-state index contributed by atoms with van der Waals surface area (Å²) in [4.78, 5) is 32.4. The first-order valence-electron chi connectivity index (χ1n) is 7.64. The number of nitrogens with one attached hydrogen (secondary N) is 2. The van der Waals surface area contributed by atoms with Crippen molar-refractivity contribution in [3.63, 3.8) is 0 Å². The highest BCUT2D eigenvalue weighted by molar-refractivity contribution is 7.12. The quantitative estimate of drug-likeness (QED) is 0.667. The van der Waals surface area contributed by atoms with Gasteiger partial charge in [-0.1, -0.05) is 6.07 Å². The van der Waals surface area contributed by atoms with Crippen LogP contribution in [0.2, 0.25) is 0 Å². The van der Waals surface area contributed by atoms with Gasteiger partial charge in [0.15, 0.2) is 0 Å². The molecule has 3 rings (SSSR count). The summed E-state index contributed by atoms with van der Waals surface area (Å²) in [5.41, 5.74) is 0.407. The second kappa shape index (κ2) is 8.05. The highest BCUT2D eigenvalue weighted by Crippen LogP contribution is 2.27. The molecule has 0 saturated heterocycles. The standard InChI is InChI=1S/C17H11F3N4O3S/c18-17(19,20)27-11-3-1-2-10(8-11)23-16(26)14-12(4-7-28-14)24-15(25)13-9-21-5-6-22-13/h1-9H,(H,23,26)(H,24,25). The van der Waals surface area contributed by atoms with Gasteiger partial charge in [-0.25, -0.2) is 4.98 Å². The molecule has 0 spiro atoms. The summed E-state index contributed by atoms with van der Waals surface area (Å²) in [5, 5.41) is 6.61. The second-order valence-corrected chi connectivity index (χ2v) is 6.15. The first-order valence-corrected chi connectivity index (χ1v) is 8.52. The van der Waals surface area contributed by atoms with Gasteiger partial charge in [-0.15, -0.1) is 24.5 Å². The fourth-order valence-electron chi connectivity index (χ4n) is 2.15. The van der Waals surface area contributed by atoms with Crippen LogP contribution in [0.15, 0.2) is 54.3 Å². The van der Waals surface area contributed by atoms with Gasteiger partial charge in [-0.05, 0) is 23.6 Å². The van der Waals surface area contributed by atoms with E-state index in [1.807, 2.05) is 0 Å². The van der Waals surface area contributed by atoms with Crippen molar-refractivity contribution < 1.29 is 27.5 Å². The molecular weight excluding hydrogens is 397 g/mol. The molecule has 0 unspecified atom stereocenters. The van der Waals surface area contributed by atoms with Gasteiger partial charge in [0.1, 0.15) is 16.3 Å². The van der Waals surface area contributed by atoms with E-state index in [1.54, 1.807) is 5.38 Å². The molecule has 2 heterocycles. The summed E-state index contributed by atoms with van der Waals surface area (Å²) < 4.78 is 40.8. The first-order chi connectivity index (χ1) is 13.3. The van der Waals surface area contributed by atoms with Gasteiger partial charge in [0, 0.05) is 24.1 Å². The van der Waals surface area contributed by atoms with E-state index in [0.29, 0.717) is 0 Å². The number of carbonyl (C=O) groups excluding carboxylic acids is 2. The number of benzene rings is 1. The monoisotopic (exact) mass is 408 g/mol. The molecule has 0 aliphatic rings. The van der Waals surface area contributed by atoms with Crippen molar-refractivity contribution in [1.29, 1.82) is 0 Å². The third-order valence-corrected chi connectivity index (χ3v) is 4.15. The summed E-state index contributed by atoms with van der Waals surface area (Å²) in [7, 11) is 0. The van der Waals surface area contributed by atoms with Crippen molar-refractivity contribution in [2.75, 3.05) is 10.6 Å². The maximum absolute atomic E-state index is 12.5. The predicted molar refractivity (Wildman–Crippen MR) is 95.4 cm³/mol. The molecule has 0 aliphatic carbocycles. The van der Waals surface area contributed by atoms with E-state index in [1.165, 1.54) is 36.8 Å². The zero-order valence-electron chi connectivity index (χ0n) is 13.9. The number of carbonyl (C=O) groups is 2. The van der Waals surface area contributed by atoms with Crippen molar-refractivity contribution in [2.45, 2.75) is 6.36 Å². The van der Waals surface area contributed by atoms with Crippen LogP contribution in [0.3, 0.4) is 0 Å². The highest BCUT2D eigenvalue weighted by atomic mass is 32.1. The lowest BCUT2D eigenvalue weighted by molar-refractivity contribution is -0.274. The van der Waals surface area contributed by atoms with E-state index in [-0.39, 0.29) is 21.9 Å². The average molecular weight is 408 g/mol. The Kier molecular flexibility index (Phi) is 5.54. The number of thiophene rings is 1. The fraction of sp³-hybridized carbons (Fsp3) is 0.0588. The van der Waals surface area contributed by atoms with Crippen LogP contribution in [0.4, 0.5) is 24.5 Å². The van der Waals surface area contributed by atoms with Gasteiger partial charge >= 0.3 is 6.36 Å². The van der Waals surface area contributed by atoms with Crippen LogP contribution in [0.1, 0.15) is 20.2 Å². The number of aromatic nitrogens is 2. The Morgan fingerprint density at radius 1 is 1.07 bits per heavy atom. The summed E-state index contributed by atoms with van der Waals surface area (Å²) >= 11 is 1.05. The number of anilines is 2. The van der Waals surface area contributed by atoms with Crippen LogP contribution in [0, 0.1) is 0 Å². The Morgan fingerprint density at radius 3 is 2.61 bits per heavy atom. The molecule has 0 radical (unpaired) electrons. The molecule has 0 fully saturated rings. The lowest BCUT2D eigenvalue weighted by Gasteiger charge is -2.11. The molecule has 2 aromatic heterocycles. The van der Waals surface area contributed by atoms with Crippen molar-refractivity contribution in [3.05, 3.63) is 64.9 Å². The van der Waals surface area contributed by atoms with Gasteiger partial charge < -0.3 is 15.4 Å². The van der Waals surface area contributed by atoms with Crippen LogP contribution in [-0.4, -0.2) is 28.1 Å². The molecule has 0 atom stereocenters. The van der Waals surface area contributed by atoms with Crippen LogP contribution >= 0.6 is 11.3 Å². The molecule has 2 amide bonds. The Morgan fingerprint density at radius 2 is 1.89 bits per heavy atom. The molecule has 3 aromatic rings. The second-order valence-electron chi connectivity index (χ2n) is 5.24. The maximum atomic E-state index is 12.5. The van der Waals surface area contributed by atoms with Crippen LogP contribution in [0.5, 0.6) is 5.75 Å². The largest absolute Gasteiger partial charge is 0.573 e. The zero-order valence-corrected chi connectivity index (χ0v) is 14.7. The smallest absolute Gasteiger partial charge is 0.406 e. The Balaban J connectivity index is 1.72. The van der Waals surface area contributed by atoms with Crippen molar-refractivity contribution in [2.24, 2.45) is 0 Å². The number of ether oxygens (including phenoxy) is 1. The Labute approximate surface area is 160 Å². The first kappa shape index (κ1) is 19.3. The van der Waals surface area contributed by atoms with Gasteiger partial charge in [0.25, 0.3) is 11.8 Å². The molecule has 2 N–H and O–H groups in total. The lowest BCUT2D eigenvalue weighted by atomic mass is 10.3. The molecule has 0 bridgehead atoms. The van der Waals surface area contributed by atoms with Crippen molar-refractivity contribution >= 4 is 34.5 Å². The number of hydrogen-bond acceptors (Lipinski definition) is 6. The number of rotatable bonds is 5. The van der Waals surface area contributed by atoms with Gasteiger partial charge in [0.2, 0.25) is 0 Å². The van der Waals surface area contributed by atoms with E-state index >= 15 is 0 Å². The SMILES string of the molecule is O=C(Nc1ccsc1C(=O)Nc1cccc(OC(F)(F)F)c1)c1cnccn1. The maximum Gasteiger partial charge on any atom is 0.573 e. The molecule has 0 aliphatic heterocycles. The summed E-state index contributed by atoms with van der Waals surface area (Å²) in [6.07, 6.45) is -0.801. The minimum Gasteiger partial charge on any atom is -0.406 e. The van der Waals surface area contributed by atoms with Crippen LogP contribution < -0.4 is 15.4 Å². The van der Waals surface area contributed by atoms with E-state index in [9.17, 15) is 22.8 Å². The predicted octanol–water partition coefficient (Wildman–Crippen LogP) is 3.94. The molecule has 28 heavy (non-hydrogen) atoms. The van der Waals surface area contributed by atoms with Crippen LogP contribution in [-0.2, 0) is 0 Å². The third kappa shape index (κ3) is 5.04. The Hall–Kier alpha value is -3.47. The number of halogens is 3. The number of hydrogen-bond donors (Lipinski definition) is 2. The molecule has 0 saturated carbocycles.